The van der Waals surface area contributed by atoms with Gasteiger partial charge in [0.1, 0.15) is 5.82 Å². The maximum Gasteiger partial charge on any atom is 0.150 e. The molecule has 1 aliphatic heterocycles. The highest BCUT2D eigenvalue weighted by molar-refractivity contribution is 4.92. The molecule has 0 saturated carbocycles. The standard InChI is InChI=1S/C10H19N5/c1-3-9-12-10(14(2)13-9)8-15-6-4-11-5-7-15/h11H,3-8H2,1-2H3. The Morgan fingerprint density at radius 1 is 1.33 bits per heavy atom. The highest BCUT2D eigenvalue weighted by atomic mass is 15.4. The molecule has 0 atom stereocenters. The Kier molecular flexibility index (Phi) is 3.33. The Morgan fingerprint density at radius 2 is 2.07 bits per heavy atom. The van der Waals surface area contributed by atoms with E-state index < -0.39 is 0 Å². The number of rotatable bonds is 3. The van der Waals surface area contributed by atoms with Crippen molar-refractivity contribution in [1.29, 1.82) is 0 Å². The largest absolute Gasteiger partial charge is 0.314 e. The third-order valence-corrected chi connectivity index (χ3v) is 2.79. The van der Waals surface area contributed by atoms with Gasteiger partial charge in [-0.25, -0.2) is 4.98 Å². The second-order valence-electron chi connectivity index (χ2n) is 3.95. The molecule has 0 unspecified atom stereocenters. The molecule has 0 aliphatic carbocycles. The first kappa shape index (κ1) is 10.6. The number of aryl methyl sites for hydroxylation is 2. The molecule has 0 bridgehead atoms. The molecule has 0 radical (unpaired) electrons. The zero-order valence-electron chi connectivity index (χ0n) is 9.53. The van der Waals surface area contributed by atoms with Gasteiger partial charge in [0.05, 0.1) is 6.54 Å². The molecule has 2 heterocycles. The van der Waals surface area contributed by atoms with Crippen LogP contribution < -0.4 is 5.32 Å². The van der Waals surface area contributed by atoms with E-state index in [1.807, 2.05) is 11.7 Å². The van der Waals surface area contributed by atoms with Gasteiger partial charge in [0.15, 0.2) is 5.82 Å². The van der Waals surface area contributed by atoms with Crippen molar-refractivity contribution in [3.63, 3.8) is 0 Å². The molecule has 84 valence electrons. The van der Waals surface area contributed by atoms with Crippen molar-refractivity contribution in [2.45, 2.75) is 19.9 Å². The number of piperazine rings is 1. The average Bonchev–Trinajstić information content (AvgIpc) is 2.61. The average molecular weight is 209 g/mol. The van der Waals surface area contributed by atoms with Gasteiger partial charge in [0, 0.05) is 39.6 Å². The molecule has 1 aliphatic rings. The van der Waals surface area contributed by atoms with E-state index in [0.29, 0.717) is 0 Å². The minimum absolute atomic E-state index is 0.912. The molecule has 1 aromatic heterocycles. The topological polar surface area (TPSA) is 46.0 Å². The van der Waals surface area contributed by atoms with Gasteiger partial charge < -0.3 is 5.32 Å². The maximum absolute atomic E-state index is 4.51. The normalized spacial score (nSPS) is 18.3. The minimum Gasteiger partial charge on any atom is -0.314 e. The minimum atomic E-state index is 0.912. The molecular weight excluding hydrogens is 190 g/mol. The van der Waals surface area contributed by atoms with E-state index in [2.05, 4.69) is 27.2 Å². The van der Waals surface area contributed by atoms with Crippen LogP contribution in [0.1, 0.15) is 18.6 Å². The van der Waals surface area contributed by atoms with Gasteiger partial charge in [-0.2, -0.15) is 5.10 Å². The summed E-state index contributed by atoms with van der Waals surface area (Å²) in [6.07, 6.45) is 0.912. The summed E-state index contributed by atoms with van der Waals surface area (Å²) in [5, 5.41) is 7.70. The van der Waals surface area contributed by atoms with Gasteiger partial charge in [0.2, 0.25) is 0 Å². The molecule has 1 fully saturated rings. The molecule has 0 amide bonds. The van der Waals surface area contributed by atoms with Crippen LogP contribution in [0.15, 0.2) is 0 Å². The molecule has 5 heteroatoms. The fourth-order valence-corrected chi connectivity index (χ4v) is 1.83. The molecule has 0 aromatic carbocycles. The van der Waals surface area contributed by atoms with Crippen LogP contribution in [-0.4, -0.2) is 45.8 Å². The van der Waals surface area contributed by atoms with E-state index in [0.717, 1.165) is 50.8 Å². The van der Waals surface area contributed by atoms with Crippen molar-refractivity contribution in [3.05, 3.63) is 11.6 Å². The lowest BCUT2D eigenvalue weighted by Crippen LogP contribution is -2.43. The summed E-state index contributed by atoms with van der Waals surface area (Å²) in [5.74, 6) is 2.02. The first-order valence-corrected chi connectivity index (χ1v) is 5.61. The summed E-state index contributed by atoms with van der Waals surface area (Å²) in [4.78, 5) is 6.93. The number of aromatic nitrogens is 3. The molecule has 15 heavy (non-hydrogen) atoms. The van der Waals surface area contributed by atoms with Gasteiger partial charge in [0.25, 0.3) is 0 Å². The lowest BCUT2D eigenvalue weighted by atomic mass is 10.3. The van der Waals surface area contributed by atoms with Crippen molar-refractivity contribution in [2.75, 3.05) is 26.2 Å². The zero-order valence-corrected chi connectivity index (χ0v) is 9.53. The highest BCUT2D eigenvalue weighted by Gasteiger charge is 2.13. The van der Waals surface area contributed by atoms with Crippen LogP contribution in [0.4, 0.5) is 0 Å². The van der Waals surface area contributed by atoms with Crippen molar-refractivity contribution in [3.8, 4) is 0 Å². The lowest BCUT2D eigenvalue weighted by molar-refractivity contribution is 0.225. The molecule has 2 rings (SSSR count). The molecule has 0 spiro atoms. The number of hydrogen-bond donors (Lipinski definition) is 1. The van der Waals surface area contributed by atoms with Gasteiger partial charge in [-0.3, -0.25) is 9.58 Å². The quantitative estimate of drug-likeness (QED) is 0.748. The van der Waals surface area contributed by atoms with Gasteiger partial charge in [-0.05, 0) is 0 Å². The van der Waals surface area contributed by atoms with Crippen molar-refractivity contribution < 1.29 is 0 Å². The highest BCUT2D eigenvalue weighted by Crippen LogP contribution is 2.03. The van der Waals surface area contributed by atoms with E-state index in [9.17, 15) is 0 Å². The van der Waals surface area contributed by atoms with Crippen LogP contribution in [0.2, 0.25) is 0 Å². The summed E-state index contributed by atoms with van der Waals surface area (Å²) in [7, 11) is 1.98. The van der Waals surface area contributed by atoms with E-state index >= 15 is 0 Å². The number of nitrogens with one attached hydrogen (secondary N) is 1. The summed E-state index contributed by atoms with van der Waals surface area (Å²) in [6, 6.07) is 0. The first-order chi connectivity index (χ1) is 7.29. The second-order valence-corrected chi connectivity index (χ2v) is 3.95. The van der Waals surface area contributed by atoms with Crippen LogP contribution >= 0.6 is 0 Å². The molecule has 5 nitrogen and oxygen atoms in total. The predicted octanol–water partition coefficient (Wildman–Crippen LogP) is -0.217. The summed E-state index contributed by atoms with van der Waals surface area (Å²) in [5.41, 5.74) is 0. The summed E-state index contributed by atoms with van der Waals surface area (Å²) < 4.78 is 1.90. The van der Waals surface area contributed by atoms with E-state index in [-0.39, 0.29) is 0 Å². The lowest BCUT2D eigenvalue weighted by Gasteiger charge is -2.26. The first-order valence-electron chi connectivity index (χ1n) is 5.61. The monoisotopic (exact) mass is 209 g/mol. The van der Waals surface area contributed by atoms with Crippen LogP contribution in [0.5, 0.6) is 0 Å². The van der Waals surface area contributed by atoms with Crippen molar-refractivity contribution in [1.82, 2.24) is 25.0 Å². The Morgan fingerprint density at radius 3 is 2.67 bits per heavy atom. The Labute approximate surface area is 90.5 Å². The summed E-state index contributed by atoms with van der Waals surface area (Å²) in [6.45, 7) is 7.38. The zero-order chi connectivity index (χ0) is 10.7. The smallest absolute Gasteiger partial charge is 0.150 e. The molecular formula is C10H19N5. The van der Waals surface area contributed by atoms with Crippen LogP contribution in [0.25, 0.3) is 0 Å². The van der Waals surface area contributed by atoms with Crippen molar-refractivity contribution >= 4 is 0 Å². The van der Waals surface area contributed by atoms with Crippen LogP contribution in [-0.2, 0) is 20.0 Å². The second kappa shape index (κ2) is 4.72. The van der Waals surface area contributed by atoms with Crippen LogP contribution in [0.3, 0.4) is 0 Å². The van der Waals surface area contributed by atoms with Crippen molar-refractivity contribution in [2.24, 2.45) is 7.05 Å². The molecule has 1 saturated heterocycles. The molecule has 1 N–H and O–H groups in total. The fraction of sp³-hybridized carbons (Fsp3) is 0.800. The van der Waals surface area contributed by atoms with E-state index in [1.165, 1.54) is 0 Å². The Balaban J connectivity index is 1.99. The number of hydrogen-bond acceptors (Lipinski definition) is 4. The third kappa shape index (κ3) is 2.54. The van der Waals surface area contributed by atoms with Gasteiger partial charge in [-0.1, -0.05) is 6.92 Å². The Hall–Kier alpha value is -0.940. The van der Waals surface area contributed by atoms with Gasteiger partial charge >= 0.3 is 0 Å². The SMILES string of the molecule is CCc1nc(CN2CCNCC2)n(C)n1. The summed E-state index contributed by atoms with van der Waals surface area (Å²) >= 11 is 0. The predicted molar refractivity (Wildman–Crippen MR) is 58.5 cm³/mol. The van der Waals surface area contributed by atoms with E-state index in [1.54, 1.807) is 0 Å². The van der Waals surface area contributed by atoms with Gasteiger partial charge in [-0.15, -0.1) is 0 Å². The Bertz CT molecular complexity index is 314. The molecule has 1 aromatic rings. The van der Waals surface area contributed by atoms with Crippen LogP contribution in [0, 0.1) is 0 Å². The number of nitrogens with zero attached hydrogens (tertiary/aromatic N) is 4. The third-order valence-electron chi connectivity index (χ3n) is 2.79. The van der Waals surface area contributed by atoms with E-state index in [4.69, 9.17) is 0 Å². The fourth-order valence-electron chi connectivity index (χ4n) is 1.83. The maximum atomic E-state index is 4.51.